The van der Waals surface area contributed by atoms with E-state index in [1.54, 1.807) is 72.7 Å². The van der Waals surface area contributed by atoms with Gasteiger partial charge >= 0.3 is 11.9 Å². The molecule has 6 aromatic carbocycles. The lowest BCUT2D eigenvalue weighted by molar-refractivity contribution is -0.161. The summed E-state index contributed by atoms with van der Waals surface area (Å²) in [5, 5.41) is 24.7. The Balaban J connectivity index is 1.28. The number of rotatable bonds is 42. The molecule has 105 heavy (non-hydrogen) atoms. The number of amides is 6. The van der Waals surface area contributed by atoms with Gasteiger partial charge in [-0.1, -0.05) is 232 Å². The van der Waals surface area contributed by atoms with E-state index in [1.165, 1.54) is 18.9 Å². The van der Waals surface area contributed by atoms with Crippen LogP contribution in [0.4, 0.5) is 0 Å². The Hall–Kier alpha value is -9.57. The van der Waals surface area contributed by atoms with E-state index in [9.17, 15) is 29.1 Å². The molecule has 21 heteroatoms. The molecule has 21 nitrogen and oxygen atoms in total. The predicted molar refractivity (Wildman–Crippen MR) is 404 cm³/mol. The second-order valence-electron chi connectivity index (χ2n) is 29.1. The van der Waals surface area contributed by atoms with Gasteiger partial charge in [0.2, 0.25) is 35.4 Å². The number of carbonyl (C=O) groups excluding carboxylic acids is 8. The molecule has 0 bridgehead atoms. The molecule has 0 spiro atoms. The molecule has 0 aliphatic carbocycles. The summed E-state index contributed by atoms with van der Waals surface area (Å²) in [6.07, 6.45) is -2.19. The Bertz CT molecular complexity index is 3590. The molecule has 10 atom stereocenters. The Morgan fingerprint density at radius 3 is 1.46 bits per heavy atom. The van der Waals surface area contributed by atoms with E-state index < -0.39 is 131 Å². The van der Waals surface area contributed by atoms with Crippen LogP contribution in [0.25, 0.3) is 0 Å². The summed E-state index contributed by atoms with van der Waals surface area (Å²) in [4.78, 5) is 132. The fourth-order valence-corrected chi connectivity index (χ4v) is 12.2. The normalized spacial score (nSPS) is 14.6. The number of carboxylic acid groups (broad SMARTS) is 1. The molecule has 6 amide bonds. The predicted octanol–water partition coefficient (Wildman–Crippen LogP) is 11.3. The highest BCUT2D eigenvalue weighted by Gasteiger charge is 2.42. The Kier molecular flexibility index (Phi) is 33.1. The van der Waals surface area contributed by atoms with E-state index in [4.69, 9.17) is 24.7 Å². The number of carboxylic acids is 1. The van der Waals surface area contributed by atoms with E-state index in [-0.39, 0.29) is 69.9 Å². The van der Waals surface area contributed by atoms with Crippen molar-refractivity contribution < 1.29 is 67.2 Å². The first-order valence-corrected chi connectivity index (χ1v) is 36.7. The van der Waals surface area contributed by atoms with Crippen LogP contribution in [0, 0.1) is 29.6 Å². The number of likely N-dealkylation sites (N-methyl/N-ethyl adjacent to an activating group) is 1. The SMILES string of the molecule is CC[C@H](C)[C@H](NC(=O)[C@H](Cc1ccc(OC(C)(C)C)cc1)N(C)C(=O)[C@@H](NC(=O)[C@@H](N)CCC(OCc1ccccc1)OCc1ccccc1)[C@@H](C)CC)C(=O)O[C@H](C)[C@H](NC(=O)[C@H](CCC(=O)NC(c1ccccc1)(c1ccccc1)c1ccccc1)CC(=O)C(C)C)C(=O)N[C@@H](CC(C)C)C(=O)O. The number of benzene rings is 6. The van der Waals surface area contributed by atoms with Crippen LogP contribution in [0.15, 0.2) is 176 Å². The third kappa shape index (κ3) is 25.9. The number of carbonyl (C=O) groups is 9. The standard InChI is InChI=1S/C84H111N7O14/c1-14-56(7)73(87-77(95)67(85)46-48-72(102-52-60-31-21-16-22-32-60)103-53-61-33-23-17-24-34-61)80(98)91(13)69(50-59-41-44-66(45-42-59)105-83(10,11)12)78(96)88-74(57(8)15-2)82(101)104-58(9)75(79(97)86-68(81(99)100)49-54(3)4)89-76(94)62(51-70(92)55(5)6)43-47-71(93)90-84(63-35-25-18-26-36-63,64-37-27-19-28-38-64)65-39-29-20-30-40-65/h16-42,44-45,54-58,62,67-69,72-75H,14-15,43,46-53,85H2,1-13H3,(H,86,97)(H,87,95)(H,88,96)(H,89,94)(H,90,93)(H,99,100)/t56-,57-,58+,62+,67-,68-,69-,73-,74-,75-/m0/s1. The van der Waals surface area contributed by atoms with Gasteiger partial charge in [0.05, 0.1) is 19.3 Å². The summed E-state index contributed by atoms with van der Waals surface area (Å²) < 4.78 is 24.7. The molecule has 6 aromatic rings. The van der Waals surface area contributed by atoms with Crippen LogP contribution in [-0.4, -0.2) is 124 Å². The highest BCUT2D eigenvalue weighted by molar-refractivity contribution is 5.96. The van der Waals surface area contributed by atoms with Crippen LogP contribution < -0.4 is 37.1 Å². The molecule has 0 saturated heterocycles. The van der Waals surface area contributed by atoms with Crippen molar-refractivity contribution in [3.8, 4) is 5.75 Å². The summed E-state index contributed by atoms with van der Waals surface area (Å²) in [6.45, 7) is 21.6. The second-order valence-corrected chi connectivity index (χ2v) is 29.1. The lowest BCUT2D eigenvalue weighted by atomic mass is 9.76. The number of hydrogen-bond donors (Lipinski definition) is 7. The first-order valence-electron chi connectivity index (χ1n) is 36.7. The van der Waals surface area contributed by atoms with Crippen molar-refractivity contribution >= 4 is 53.2 Å². The lowest BCUT2D eigenvalue weighted by Crippen LogP contribution is -2.60. The van der Waals surface area contributed by atoms with Gasteiger partial charge in [-0.2, -0.15) is 0 Å². The zero-order chi connectivity index (χ0) is 77.0. The minimum Gasteiger partial charge on any atom is -0.488 e. The molecule has 0 aromatic heterocycles. The Labute approximate surface area is 620 Å². The van der Waals surface area contributed by atoms with Crippen molar-refractivity contribution in [2.24, 2.45) is 35.3 Å². The average molecular weight is 1440 g/mol. The van der Waals surface area contributed by atoms with Crippen molar-refractivity contribution in [2.45, 2.75) is 214 Å². The number of ether oxygens (including phenoxy) is 4. The largest absolute Gasteiger partial charge is 0.488 e. The number of aliphatic carboxylic acids is 1. The summed E-state index contributed by atoms with van der Waals surface area (Å²) in [7, 11) is 1.44. The maximum Gasteiger partial charge on any atom is 0.329 e. The molecule has 6 rings (SSSR count). The van der Waals surface area contributed by atoms with Gasteiger partial charge < -0.3 is 61.3 Å². The van der Waals surface area contributed by atoms with Crippen molar-refractivity contribution in [3.63, 3.8) is 0 Å². The first-order chi connectivity index (χ1) is 49.9. The zero-order valence-electron chi connectivity index (χ0n) is 63.3. The van der Waals surface area contributed by atoms with Gasteiger partial charge in [-0.15, -0.1) is 0 Å². The number of Topliss-reactive ketones (excluding diaryl/α,β-unsaturated/α-hetero) is 1. The molecular formula is C84H111N7O14. The molecule has 0 aliphatic rings. The van der Waals surface area contributed by atoms with Crippen LogP contribution in [0.3, 0.4) is 0 Å². The summed E-state index contributed by atoms with van der Waals surface area (Å²) in [5.74, 6) is -9.69. The highest BCUT2D eigenvalue weighted by Crippen LogP contribution is 2.37. The number of nitrogens with one attached hydrogen (secondary N) is 5. The van der Waals surface area contributed by atoms with E-state index >= 15 is 19.2 Å². The van der Waals surface area contributed by atoms with Crippen molar-refractivity contribution in [3.05, 3.63) is 209 Å². The average Bonchev–Trinajstić information content (AvgIpc) is 0.754. The Morgan fingerprint density at radius 1 is 0.533 bits per heavy atom. The molecule has 566 valence electrons. The molecule has 0 aliphatic heterocycles. The molecule has 0 saturated carbocycles. The monoisotopic (exact) mass is 1440 g/mol. The van der Waals surface area contributed by atoms with Gasteiger partial charge in [-0.25, -0.2) is 9.59 Å². The number of ketones is 1. The van der Waals surface area contributed by atoms with Crippen molar-refractivity contribution in [1.29, 1.82) is 0 Å². The van der Waals surface area contributed by atoms with Gasteiger partial charge in [-0.3, -0.25) is 33.6 Å². The van der Waals surface area contributed by atoms with Gasteiger partial charge in [0.25, 0.3) is 0 Å². The molecular weight excluding hydrogens is 1330 g/mol. The number of esters is 1. The summed E-state index contributed by atoms with van der Waals surface area (Å²) in [6, 6.07) is 46.1. The first kappa shape index (κ1) is 84.4. The zero-order valence-corrected chi connectivity index (χ0v) is 63.3. The van der Waals surface area contributed by atoms with Crippen LogP contribution in [0.2, 0.25) is 0 Å². The van der Waals surface area contributed by atoms with Gasteiger partial charge in [-0.05, 0) is 110 Å². The maximum absolute atomic E-state index is 15.4. The molecule has 0 radical (unpaired) electrons. The van der Waals surface area contributed by atoms with E-state index in [1.807, 2.05) is 179 Å². The third-order valence-electron chi connectivity index (χ3n) is 18.8. The minimum absolute atomic E-state index is 0.0159. The van der Waals surface area contributed by atoms with Crippen LogP contribution >= 0.6 is 0 Å². The summed E-state index contributed by atoms with van der Waals surface area (Å²) in [5.41, 5.74) is 9.61. The number of nitrogens with zero attached hydrogens (tertiary/aromatic N) is 1. The van der Waals surface area contributed by atoms with Crippen LogP contribution in [0.1, 0.15) is 168 Å². The number of hydrogen-bond acceptors (Lipinski definition) is 14. The second kappa shape index (κ2) is 41.2. The highest BCUT2D eigenvalue weighted by atomic mass is 16.7. The quantitative estimate of drug-likeness (QED) is 0.0106. The van der Waals surface area contributed by atoms with Gasteiger partial charge in [0.15, 0.2) is 6.29 Å². The minimum atomic E-state index is -1.80. The van der Waals surface area contributed by atoms with E-state index in [2.05, 4.69) is 26.6 Å². The Morgan fingerprint density at radius 2 is 1.00 bits per heavy atom. The van der Waals surface area contributed by atoms with Gasteiger partial charge in [0, 0.05) is 44.6 Å². The topological polar surface area (TPSA) is 300 Å². The van der Waals surface area contributed by atoms with Crippen molar-refractivity contribution in [2.75, 3.05) is 7.05 Å². The molecule has 0 heterocycles. The molecule has 0 fully saturated rings. The number of nitrogens with two attached hydrogens (primary N) is 1. The summed E-state index contributed by atoms with van der Waals surface area (Å²) >= 11 is 0. The fraction of sp³-hybridized carbons (Fsp3) is 0.464. The third-order valence-corrected chi connectivity index (χ3v) is 18.8. The van der Waals surface area contributed by atoms with Crippen LogP contribution in [-0.2, 0) is 82.5 Å². The maximum atomic E-state index is 15.4. The van der Waals surface area contributed by atoms with Crippen molar-refractivity contribution in [1.82, 2.24) is 31.5 Å². The van der Waals surface area contributed by atoms with Crippen LogP contribution in [0.5, 0.6) is 5.75 Å². The van der Waals surface area contributed by atoms with E-state index in [0.717, 1.165) is 27.8 Å². The fourth-order valence-electron chi connectivity index (χ4n) is 12.2. The smallest absolute Gasteiger partial charge is 0.329 e. The van der Waals surface area contributed by atoms with E-state index in [0.29, 0.717) is 24.2 Å². The lowest BCUT2D eigenvalue weighted by Gasteiger charge is -2.37. The molecule has 0 unspecified atom stereocenters. The molecule has 8 N–H and O–H groups in total. The van der Waals surface area contributed by atoms with Gasteiger partial charge in [0.1, 0.15) is 59.0 Å².